The molecule has 5 nitrogen and oxygen atoms in total. The van der Waals surface area contributed by atoms with Gasteiger partial charge in [0.25, 0.3) is 0 Å². The number of hydrogen-bond acceptors (Lipinski definition) is 5. The normalized spacial score (nSPS) is 16.5. The van der Waals surface area contributed by atoms with Crippen LogP contribution in [0.3, 0.4) is 0 Å². The van der Waals surface area contributed by atoms with Crippen molar-refractivity contribution in [1.82, 2.24) is 4.90 Å². The molecule has 2 aromatic carbocycles. The van der Waals surface area contributed by atoms with Crippen LogP contribution in [0.15, 0.2) is 36.4 Å². The Balaban J connectivity index is 1.82. The van der Waals surface area contributed by atoms with Crippen molar-refractivity contribution in [3.05, 3.63) is 53.1 Å². The lowest BCUT2D eigenvalue weighted by atomic mass is 10.1. The quantitative estimate of drug-likeness (QED) is 0.658. The third-order valence-electron chi connectivity index (χ3n) is 4.85. The number of thioether (sulfide) groups is 1. The zero-order valence-corrected chi connectivity index (χ0v) is 17.6. The zero-order chi connectivity index (χ0) is 21.9. The Morgan fingerprint density at radius 3 is 2.20 bits per heavy atom. The third-order valence-corrected chi connectivity index (χ3v) is 6.09. The molecule has 1 aliphatic rings. The van der Waals surface area contributed by atoms with Crippen molar-refractivity contribution >= 4 is 17.7 Å². The van der Waals surface area contributed by atoms with E-state index in [1.54, 1.807) is 35.9 Å². The molecule has 0 N–H and O–H groups in total. The van der Waals surface area contributed by atoms with E-state index in [1.807, 2.05) is 0 Å². The summed E-state index contributed by atoms with van der Waals surface area (Å²) in [7, 11) is 4.60. The first kappa shape index (κ1) is 22.1. The minimum absolute atomic E-state index is 0.0187. The summed E-state index contributed by atoms with van der Waals surface area (Å²) in [5.41, 5.74) is 0.574. The Bertz CT molecular complexity index is 902. The lowest BCUT2D eigenvalue weighted by Crippen LogP contribution is -2.32. The number of hydrogen-bond donors (Lipinski definition) is 0. The van der Waals surface area contributed by atoms with E-state index >= 15 is 0 Å². The molecule has 1 amide bonds. The Morgan fingerprint density at radius 2 is 1.63 bits per heavy atom. The van der Waals surface area contributed by atoms with E-state index in [2.05, 4.69) is 0 Å². The molecule has 1 atom stereocenters. The number of alkyl halides is 3. The highest BCUT2D eigenvalue weighted by molar-refractivity contribution is 7.99. The number of benzene rings is 2. The van der Waals surface area contributed by atoms with Gasteiger partial charge in [0.1, 0.15) is 11.1 Å². The van der Waals surface area contributed by atoms with E-state index in [4.69, 9.17) is 14.2 Å². The molecule has 2 aromatic rings. The second-order valence-electron chi connectivity index (χ2n) is 6.63. The first-order chi connectivity index (χ1) is 14.3. The zero-order valence-electron chi connectivity index (χ0n) is 16.8. The van der Waals surface area contributed by atoms with Crippen LogP contribution in [0, 0.1) is 0 Å². The molecule has 1 unspecified atom stereocenters. The molecule has 0 spiro atoms. The standard InChI is InChI=1S/C21H22F3NO4S/c1-27-16-12-18(29-3)17(28-2)11-15(16)20-25(8-9-30-20)19(26)10-13-4-6-14(7-5-13)21(22,23)24/h4-7,11-12,20H,8-10H2,1-3H3. The molecule has 1 fully saturated rings. The van der Waals surface area contributed by atoms with Crippen molar-refractivity contribution in [3.63, 3.8) is 0 Å². The smallest absolute Gasteiger partial charge is 0.416 e. The van der Waals surface area contributed by atoms with Gasteiger partial charge in [-0.15, -0.1) is 11.8 Å². The van der Waals surface area contributed by atoms with E-state index < -0.39 is 11.7 Å². The van der Waals surface area contributed by atoms with Crippen LogP contribution in [0.5, 0.6) is 17.2 Å². The highest BCUT2D eigenvalue weighted by Gasteiger charge is 2.34. The maximum atomic E-state index is 13.0. The summed E-state index contributed by atoms with van der Waals surface area (Å²) in [4.78, 5) is 14.7. The fourth-order valence-corrected chi connectivity index (χ4v) is 4.61. The Labute approximate surface area is 177 Å². The van der Waals surface area contributed by atoms with Crippen molar-refractivity contribution < 1.29 is 32.2 Å². The molecule has 162 valence electrons. The summed E-state index contributed by atoms with van der Waals surface area (Å²) < 4.78 is 54.4. The van der Waals surface area contributed by atoms with Crippen LogP contribution in [-0.2, 0) is 17.4 Å². The molecular formula is C21H22F3NO4S. The van der Waals surface area contributed by atoms with E-state index in [0.29, 0.717) is 29.4 Å². The van der Waals surface area contributed by atoms with Crippen LogP contribution in [0.2, 0.25) is 0 Å². The van der Waals surface area contributed by atoms with Gasteiger partial charge in [0.05, 0.1) is 33.3 Å². The van der Waals surface area contributed by atoms with Crippen molar-refractivity contribution in [2.75, 3.05) is 33.6 Å². The third kappa shape index (κ3) is 4.61. The summed E-state index contributed by atoms with van der Waals surface area (Å²) >= 11 is 1.59. The predicted octanol–water partition coefficient (Wildman–Crippen LogP) is 4.55. The van der Waals surface area contributed by atoms with E-state index in [0.717, 1.165) is 23.4 Å². The monoisotopic (exact) mass is 441 g/mol. The van der Waals surface area contributed by atoms with Gasteiger partial charge in [-0.2, -0.15) is 13.2 Å². The summed E-state index contributed by atoms with van der Waals surface area (Å²) in [5, 5.41) is -0.290. The van der Waals surface area contributed by atoms with Gasteiger partial charge in [0.2, 0.25) is 5.91 Å². The molecule has 1 heterocycles. The number of amides is 1. The van der Waals surface area contributed by atoms with Gasteiger partial charge < -0.3 is 19.1 Å². The number of ether oxygens (including phenoxy) is 3. The van der Waals surface area contributed by atoms with Crippen molar-refractivity contribution in [2.24, 2.45) is 0 Å². The Kier molecular flexibility index (Phi) is 6.70. The molecule has 0 bridgehead atoms. The van der Waals surface area contributed by atoms with E-state index in [9.17, 15) is 18.0 Å². The Morgan fingerprint density at radius 1 is 1.03 bits per heavy atom. The fourth-order valence-electron chi connectivity index (χ4n) is 3.32. The maximum Gasteiger partial charge on any atom is 0.416 e. The summed E-state index contributed by atoms with van der Waals surface area (Å²) in [6.45, 7) is 0.534. The van der Waals surface area contributed by atoms with Crippen molar-refractivity contribution in [1.29, 1.82) is 0 Å². The number of nitrogens with zero attached hydrogens (tertiary/aromatic N) is 1. The predicted molar refractivity (Wildman–Crippen MR) is 108 cm³/mol. The number of carbonyl (C=O) groups excluding carboxylic acids is 1. The van der Waals surface area contributed by atoms with Gasteiger partial charge in [-0.05, 0) is 23.8 Å². The molecule has 1 saturated heterocycles. The second kappa shape index (κ2) is 9.07. The first-order valence-electron chi connectivity index (χ1n) is 9.15. The Hall–Kier alpha value is -2.55. The minimum Gasteiger partial charge on any atom is -0.496 e. The molecular weight excluding hydrogens is 419 g/mol. The SMILES string of the molecule is COc1cc(OC)c(C2SCCN2C(=O)Cc2ccc(C(F)(F)F)cc2)cc1OC. The molecule has 0 aliphatic carbocycles. The van der Waals surface area contributed by atoms with Gasteiger partial charge in [-0.25, -0.2) is 0 Å². The topological polar surface area (TPSA) is 48.0 Å². The largest absolute Gasteiger partial charge is 0.496 e. The maximum absolute atomic E-state index is 13.0. The van der Waals surface area contributed by atoms with Gasteiger partial charge in [0.15, 0.2) is 11.5 Å². The fraction of sp³-hybridized carbons (Fsp3) is 0.381. The van der Waals surface area contributed by atoms with Gasteiger partial charge in [-0.1, -0.05) is 12.1 Å². The van der Waals surface area contributed by atoms with Crippen LogP contribution < -0.4 is 14.2 Å². The van der Waals surface area contributed by atoms with Crippen molar-refractivity contribution in [2.45, 2.75) is 18.0 Å². The van der Waals surface area contributed by atoms with Gasteiger partial charge in [0, 0.05) is 23.9 Å². The molecule has 9 heteroatoms. The highest BCUT2D eigenvalue weighted by Crippen LogP contribution is 2.46. The van der Waals surface area contributed by atoms with E-state index in [1.165, 1.54) is 26.4 Å². The molecule has 3 rings (SSSR count). The molecule has 0 saturated carbocycles. The molecule has 1 aliphatic heterocycles. The average molecular weight is 441 g/mol. The summed E-state index contributed by atoms with van der Waals surface area (Å²) in [5.74, 6) is 2.18. The lowest BCUT2D eigenvalue weighted by molar-refractivity contribution is -0.137. The number of rotatable bonds is 6. The van der Waals surface area contributed by atoms with Crippen molar-refractivity contribution in [3.8, 4) is 17.2 Å². The van der Waals surface area contributed by atoms with Crippen LogP contribution in [0.4, 0.5) is 13.2 Å². The number of methoxy groups -OCH3 is 3. The molecule has 0 radical (unpaired) electrons. The van der Waals surface area contributed by atoms with Crippen LogP contribution in [0.1, 0.15) is 22.1 Å². The first-order valence-corrected chi connectivity index (χ1v) is 10.2. The second-order valence-corrected chi connectivity index (χ2v) is 7.82. The summed E-state index contributed by atoms with van der Waals surface area (Å²) in [6, 6.07) is 8.18. The number of halogens is 3. The minimum atomic E-state index is -4.40. The number of carbonyl (C=O) groups is 1. The van der Waals surface area contributed by atoms with Crippen LogP contribution in [-0.4, -0.2) is 44.4 Å². The van der Waals surface area contributed by atoms with Crippen LogP contribution >= 0.6 is 11.8 Å². The highest BCUT2D eigenvalue weighted by atomic mass is 32.2. The average Bonchev–Trinajstić information content (AvgIpc) is 3.22. The van der Waals surface area contributed by atoms with Gasteiger partial charge >= 0.3 is 6.18 Å². The molecule has 30 heavy (non-hydrogen) atoms. The van der Waals surface area contributed by atoms with E-state index in [-0.39, 0.29) is 17.7 Å². The molecule has 0 aromatic heterocycles. The summed E-state index contributed by atoms with van der Waals surface area (Å²) in [6.07, 6.45) is -4.38. The van der Waals surface area contributed by atoms with Gasteiger partial charge in [-0.3, -0.25) is 4.79 Å². The van der Waals surface area contributed by atoms with Crippen LogP contribution in [0.25, 0.3) is 0 Å². The lowest BCUT2D eigenvalue weighted by Gasteiger charge is -2.26.